The molecule has 1 aromatic carbocycles. The molecule has 102 valence electrons. The van der Waals surface area contributed by atoms with Crippen molar-refractivity contribution in [2.75, 3.05) is 11.1 Å². The molecule has 0 unspecified atom stereocenters. The summed E-state index contributed by atoms with van der Waals surface area (Å²) in [6.45, 7) is 2.70. The van der Waals surface area contributed by atoms with Crippen LogP contribution in [0.1, 0.15) is 11.3 Å². The third kappa shape index (κ3) is 2.18. The normalized spacial score (nSPS) is 10.9. The molecular weight excluding hydrogens is 250 g/mol. The lowest BCUT2D eigenvalue weighted by molar-refractivity contribution is 0.756. The van der Waals surface area contributed by atoms with E-state index in [1.54, 1.807) is 6.20 Å². The summed E-state index contributed by atoms with van der Waals surface area (Å²) >= 11 is 0. The van der Waals surface area contributed by atoms with E-state index in [2.05, 4.69) is 15.4 Å². The van der Waals surface area contributed by atoms with Gasteiger partial charge < -0.3 is 11.1 Å². The molecule has 2 heterocycles. The second kappa shape index (κ2) is 4.85. The molecule has 0 aliphatic rings. The number of anilines is 2. The standard InChI is InChI=1S/C15H17N5/c1-10-11(9-20(2)19-10)7-18-15-12-5-3-4-6-14(12)17-8-13(15)16/h3-6,8-9H,7,16H2,1-2H3,(H,17,18). The van der Waals surface area contributed by atoms with Crippen LogP contribution in [0.4, 0.5) is 11.4 Å². The maximum atomic E-state index is 6.05. The topological polar surface area (TPSA) is 68.8 Å². The second-order valence-corrected chi connectivity index (χ2v) is 4.87. The van der Waals surface area contributed by atoms with Gasteiger partial charge in [-0.15, -0.1) is 0 Å². The number of nitrogen functional groups attached to an aromatic ring is 1. The van der Waals surface area contributed by atoms with E-state index in [1.165, 1.54) is 0 Å². The van der Waals surface area contributed by atoms with Gasteiger partial charge in [0.2, 0.25) is 0 Å². The van der Waals surface area contributed by atoms with Crippen LogP contribution in [0.2, 0.25) is 0 Å². The third-order valence-corrected chi connectivity index (χ3v) is 3.38. The Bertz CT molecular complexity index is 760. The first-order valence-electron chi connectivity index (χ1n) is 6.51. The molecule has 0 radical (unpaired) electrons. The Morgan fingerprint density at radius 1 is 1.30 bits per heavy atom. The van der Waals surface area contributed by atoms with Gasteiger partial charge in [0.1, 0.15) is 0 Å². The van der Waals surface area contributed by atoms with Crippen molar-refractivity contribution in [2.24, 2.45) is 7.05 Å². The summed E-state index contributed by atoms with van der Waals surface area (Å²) in [5.41, 5.74) is 10.8. The Balaban J connectivity index is 1.94. The summed E-state index contributed by atoms with van der Waals surface area (Å²) in [5, 5.41) is 8.79. The van der Waals surface area contributed by atoms with Gasteiger partial charge >= 0.3 is 0 Å². The van der Waals surface area contributed by atoms with Gasteiger partial charge in [0.25, 0.3) is 0 Å². The highest BCUT2D eigenvalue weighted by Gasteiger charge is 2.08. The molecule has 0 saturated carbocycles. The second-order valence-electron chi connectivity index (χ2n) is 4.87. The van der Waals surface area contributed by atoms with Crippen LogP contribution in [0.3, 0.4) is 0 Å². The lowest BCUT2D eigenvalue weighted by Gasteiger charge is -2.11. The Labute approximate surface area is 117 Å². The highest BCUT2D eigenvalue weighted by atomic mass is 15.2. The Hall–Kier alpha value is -2.56. The molecule has 0 bridgehead atoms. The lowest BCUT2D eigenvalue weighted by atomic mass is 10.1. The number of fused-ring (bicyclic) bond motifs is 1. The maximum absolute atomic E-state index is 6.05. The lowest BCUT2D eigenvalue weighted by Crippen LogP contribution is -2.04. The molecule has 0 fully saturated rings. The molecule has 2 aromatic heterocycles. The van der Waals surface area contributed by atoms with Crippen molar-refractivity contribution in [1.29, 1.82) is 0 Å². The molecule has 0 atom stereocenters. The molecule has 0 aliphatic heterocycles. The minimum Gasteiger partial charge on any atom is -0.396 e. The average Bonchev–Trinajstić information content (AvgIpc) is 2.76. The van der Waals surface area contributed by atoms with Gasteiger partial charge in [0.15, 0.2) is 0 Å². The van der Waals surface area contributed by atoms with E-state index in [9.17, 15) is 0 Å². The van der Waals surface area contributed by atoms with Gasteiger partial charge in [-0.2, -0.15) is 5.10 Å². The van der Waals surface area contributed by atoms with E-state index in [4.69, 9.17) is 5.73 Å². The quantitative estimate of drug-likeness (QED) is 0.765. The summed E-state index contributed by atoms with van der Waals surface area (Å²) in [6, 6.07) is 7.97. The number of aromatic nitrogens is 3. The average molecular weight is 267 g/mol. The van der Waals surface area contributed by atoms with Crippen molar-refractivity contribution in [3.63, 3.8) is 0 Å². The summed E-state index contributed by atoms with van der Waals surface area (Å²) in [6.07, 6.45) is 3.71. The predicted octanol–water partition coefficient (Wildman–Crippen LogP) is 2.47. The zero-order valence-electron chi connectivity index (χ0n) is 11.6. The van der Waals surface area contributed by atoms with Crippen molar-refractivity contribution in [3.8, 4) is 0 Å². The summed E-state index contributed by atoms with van der Waals surface area (Å²) in [4.78, 5) is 4.34. The number of rotatable bonds is 3. The molecule has 5 heteroatoms. The highest BCUT2D eigenvalue weighted by Crippen LogP contribution is 2.28. The van der Waals surface area contributed by atoms with Gasteiger partial charge in [-0.3, -0.25) is 9.67 Å². The Kier molecular flexibility index (Phi) is 3.02. The van der Waals surface area contributed by atoms with E-state index in [-0.39, 0.29) is 0 Å². The van der Waals surface area contributed by atoms with Crippen molar-refractivity contribution in [3.05, 3.63) is 47.9 Å². The van der Waals surface area contributed by atoms with Gasteiger partial charge in [-0.25, -0.2) is 0 Å². The number of aryl methyl sites for hydroxylation is 2. The molecule has 3 rings (SSSR count). The van der Waals surface area contributed by atoms with Crippen LogP contribution in [0.5, 0.6) is 0 Å². The molecule has 0 aliphatic carbocycles. The molecule has 3 N–H and O–H groups in total. The van der Waals surface area contributed by atoms with Crippen LogP contribution in [0.25, 0.3) is 10.9 Å². The zero-order chi connectivity index (χ0) is 14.1. The first-order chi connectivity index (χ1) is 9.65. The van der Waals surface area contributed by atoms with Crippen LogP contribution >= 0.6 is 0 Å². The fourth-order valence-electron chi connectivity index (χ4n) is 2.36. The van der Waals surface area contributed by atoms with E-state index in [0.29, 0.717) is 12.2 Å². The minimum absolute atomic E-state index is 0.658. The van der Waals surface area contributed by atoms with Crippen LogP contribution in [-0.4, -0.2) is 14.8 Å². The van der Waals surface area contributed by atoms with Crippen molar-refractivity contribution in [1.82, 2.24) is 14.8 Å². The van der Waals surface area contributed by atoms with Crippen molar-refractivity contribution >= 4 is 22.3 Å². The van der Waals surface area contributed by atoms with E-state index < -0.39 is 0 Å². The number of hydrogen-bond acceptors (Lipinski definition) is 4. The maximum Gasteiger partial charge on any atom is 0.0743 e. The molecule has 0 spiro atoms. The SMILES string of the molecule is Cc1nn(C)cc1CNc1c(N)cnc2ccccc12. The first kappa shape index (κ1) is 12.5. The minimum atomic E-state index is 0.658. The fraction of sp³-hybridized carbons (Fsp3) is 0.200. The fourth-order valence-corrected chi connectivity index (χ4v) is 2.36. The van der Waals surface area contributed by atoms with E-state index >= 15 is 0 Å². The number of nitrogens with one attached hydrogen (secondary N) is 1. The smallest absolute Gasteiger partial charge is 0.0743 e. The Morgan fingerprint density at radius 3 is 2.85 bits per heavy atom. The number of para-hydroxylation sites is 1. The van der Waals surface area contributed by atoms with Gasteiger partial charge in [-0.1, -0.05) is 18.2 Å². The van der Waals surface area contributed by atoms with Gasteiger partial charge in [-0.05, 0) is 13.0 Å². The monoisotopic (exact) mass is 267 g/mol. The molecular formula is C15H17N5. The summed E-state index contributed by atoms with van der Waals surface area (Å²) in [7, 11) is 1.92. The van der Waals surface area contributed by atoms with Crippen LogP contribution < -0.4 is 11.1 Å². The predicted molar refractivity (Wildman–Crippen MR) is 81.4 cm³/mol. The van der Waals surface area contributed by atoms with Crippen LogP contribution in [0.15, 0.2) is 36.7 Å². The molecule has 3 aromatic rings. The molecule has 0 amide bonds. The largest absolute Gasteiger partial charge is 0.396 e. The number of nitrogens with zero attached hydrogens (tertiary/aromatic N) is 3. The number of benzene rings is 1. The summed E-state index contributed by atoms with van der Waals surface area (Å²) in [5.74, 6) is 0. The summed E-state index contributed by atoms with van der Waals surface area (Å²) < 4.78 is 1.82. The molecule has 0 saturated heterocycles. The number of pyridine rings is 1. The van der Waals surface area contributed by atoms with Gasteiger partial charge in [0, 0.05) is 30.7 Å². The number of nitrogens with two attached hydrogens (primary N) is 1. The van der Waals surface area contributed by atoms with Crippen molar-refractivity contribution in [2.45, 2.75) is 13.5 Å². The van der Waals surface area contributed by atoms with Crippen LogP contribution in [-0.2, 0) is 13.6 Å². The highest BCUT2D eigenvalue weighted by molar-refractivity contribution is 5.96. The van der Waals surface area contributed by atoms with E-state index in [1.807, 2.05) is 49.1 Å². The third-order valence-electron chi connectivity index (χ3n) is 3.38. The first-order valence-corrected chi connectivity index (χ1v) is 6.51. The van der Waals surface area contributed by atoms with E-state index in [0.717, 1.165) is 27.8 Å². The molecule has 5 nitrogen and oxygen atoms in total. The van der Waals surface area contributed by atoms with Gasteiger partial charge in [0.05, 0.1) is 28.8 Å². The molecule has 20 heavy (non-hydrogen) atoms. The zero-order valence-corrected chi connectivity index (χ0v) is 11.6. The van der Waals surface area contributed by atoms with Crippen LogP contribution in [0, 0.1) is 6.92 Å². The number of hydrogen-bond donors (Lipinski definition) is 2. The van der Waals surface area contributed by atoms with Crippen molar-refractivity contribution < 1.29 is 0 Å². The Morgan fingerprint density at radius 2 is 2.10 bits per heavy atom.